The number of aliphatic hydroxyl groups is 3. The summed E-state index contributed by atoms with van der Waals surface area (Å²) in [5, 5.41) is 49.4. The first-order chi connectivity index (χ1) is 12.7. The highest BCUT2D eigenvalue weighted by molar-refractivity contribution is 5.90. The molecule has 5 N–H and O–H groups in total. The number of hydrogen-bond acceptors (Lipinski definition) is 8. The lowest BCUT2D eigenvalue weighted by Crippen LogP contribution is -2.57. The van der Waals surface area contributed by atoms with E-state index >= 15 is 0 Å². The highest BCUT2D eigenvalue weighted by Gasteiger charge is 2.50. The monoisotopic (exact) mass is 378 g/mol. The Labute approximate surface area is 152 Å². The van der Waals surface area contributed by atoms with Crippen LogP contribution in [0.2, 0.25) is 0 Å². The molecule has 0 radical (unpaired) electrons. The molecule has 1 saturated carbocycles. The molecule has 3 rings (SSSR count). The van der Waals surface area contributed by atoms with E-state index in [1.54, 1.807) is 6.07 Å². The summed E-state index contributed by atoms with van der Waals surface area (Å²) < 4.78 is 10.2. The van der Waals surface area contributed by atoms with Gasteiger partial charge in [0.1, 0.15) is 23.5 Å². The quantitative estimate of drug-likeness (QED) is 0.375. The van der Waals surface area contributed by atoms with E-state index in [1.165, 1.54) is 24.5 Å². The van der Waals surface area contributed by atoms with Crippen molar-refractivity contribution in [3.05, 3.63) is 36.1 Å². The Morgan fingerprint density at radius 3 is 2.70 bits per heavy atom. The van der Waals surface area contributed by atoms with Crippen LogP contribution in [0.25, 0.3) is 17.0 Å². The number of fused-ring (bicyclic) bond motifs is 1. The molecular formula is C18H18O9. The lowest BCUT2D eigenvalue weighted by Gasteiger charge is -2.39. The standard InChI is InChI=1S/C18H18O9/c19-11-5-10-3-4-26-13(10)6-9(11)1-2-15(21)27-14-8-18(25,17(23)24)7-12(20)16(14)22/h1-6,12,14,16,19-20,22,25H,7-8H2,(H,23,24)/t12-,14-,16-,18+/m1/s1. The van der Waals surface area contributed by atoms with Gasteiger partial charge in [-0.2, -0.15) is 0 Å². The molecule has 0 spiro atoms. The maximum Gasteiger partial charge on any atom is 0.335 e. The van der Waals surface area contributed by atoms with Gasteiger partial charge in [0.2, 0.25) is 0 Å². The number of carbonyl (C=O) groups is 2. The molecule has 0 amide bonds. The van der Waals surface area contributed by atoms with Crippen LogP contribution in [0.1, 0.15) is 18.4 Å². The van der Waals surface area contributed by atoms with Gasteiger partial charge in [-0.25, -0.2) is 9.59 Å². The average Bonchev–Trinajstić information content (AvgIpc) is 3.04. The van der Waals surface area contributed by atoms with E-state index in [0.29, 0.717) is 11.0 Å². The number of carboxylic acids is 1. The van der Waals surface area contributed by atoms with Gasteiger partial charge in [0.15, 0.2) is 5.60 Å². The number of benzene rings is 1. The average molecular weight is 378 g/mol. The molecule has 2 aromatic rings. The van der Waals surface area contributed by atoms with Crippen LogP contribution in [0.15, 0.2) is 35.0 Å². The molecule has 1 aliphatic carbocycles. The van der Waals surface area contributed by atoms with Crippen molar-refractivity contribution in [2.75, 3.05) is 0 Å². The first kappa shape index (κ1) is 18.9. The fourth-order valence-electron chi connectivity index (χ4n) is 3.03. The lowest BCUT2D eigenvalue weighted by molar-refractivity contribution is -0.196. The minimum atomic E-state index is -2.31. The van der Waals surface area contributed by atoms with E-state index in [9.17, 15) is 30.0 Å². The topological polar surface area (TPSA) is 158 Å². The second-order valence-corrected chi connectivity index (χ2v) is 6.48. The number of phenolic OH excluding ortho intramolecular Hbond substituents is 1. The number of furan rings is 1. The number of carboxylic acid groups (broad SMARTS) is 1. The molecule has 1 heterocycles. The molecule has 27 heavy (non-hydrogen) atoms. The summed E-state index contributed by atoms with van der Waals surface area (Å²) in [6.07, 6.45) is -1.97. The van der Waals surface area contributed by atoms with Crippen LogP contribution in [0, 0.1) is 0 Å². The van der Waals surface area contributed by atoms with Gasteiger partial charge in [-0.1, -0.05) is 0 Å². The third-order valence-corrected chi connectivity index (χ3v) is 4.53. The molecule has 9 nitrogen and oxygen atoms in total. The van der Waals surface area contributed by atoms with Gasteiger partial charge in [-0.3, -0.25) is 0 Å². The molecule has 4 atom stereocenters. The summed E-state index contributed by atoms with van der Waals surface area (Å²) in [6.45, 7) is 0. The van der Waals surface area contributed by atoms with Crippen LogP contribution in [0.5, 0.6) is 5.75 Å². The summed E-state index contributed by atoms with van der Waals surface area (Å²) in [5.41, 5.74) is -1.53. The van der Waals surface area contributed by atoms with Gasteiger partial charge >= 0.3 is 11.9 Å². The molecule has 1 aromatic carbocycles. The lowest BCUT2D eigenvalue weighted by atomic mass is 9.79. The maximum absolute atomic E-state index is 12.0. The van der Waals surface area contributed by atoms with Crippen molar-refractivity contribution in [2.45, 2.75) is 36.8 Å². The van der Waals surface area contributed by atoms with E-state index < -0.39 is 48.7 Å². The van der Waals surface area contributed by atoms with Gasteiger partial charge in [-0.05, 0) is 24.3 Å². The van der Waals surface area contributed by atoms with Crippen molar-refractivity contribution < 1.29 is 44.3 Å². The molecule has 1 aliphatic rings. The number of carbonyl (C=O) groups excluding carboxylic acids is 1. The van der Waals surface area contributed by atoms with Crippen molar-refractivity contribution in [1.82, 2.24) is 0 Å². The number of phenols is 1. The van der Waals surface area contributed by atoms with Crippen LogP contribution in [-0.4, -0.2) is 61.4 Å². The highest BCUT2D eigenvalue weighted by Crippen LogP contribution is 2.31. The normalized spacial score (nSPS) is 28.5. The second kappa shape index (κ2) is 7.03. The Bertz CT molecular complexity index is 899. The summed E-state index contributed by atoms with van der Waals surface area (Å²) in [6, 6.07) is 4.63. The Morgan fingerprint density at radius 1 is 1.26 bits per heavy atom. The van der Waals surface area contributed by atoms with Crippen molar-refractivity contribution in [3.63, 3.8) is 0 Å². The van der Waals surface area contributed by atoms with Crippen LogP contribution >= 0.6 is 0 Å². The fourth-order valence-corrected chi connectivity index (χ4v) is 3.03. The van der Waals surface area contributed by atoms with Gasteiger partial charge in [0, 0.05) is 29.9 Å². The Hall–Kier alpha value is -2.88. The van der Waals surface area contributed by atoms with Crippen LogP contribution < -0.4 is 0 Å². The SMILES string of the molecule is O=C(C=Cc1cc2occc2cc1O)O[C@@H]1C[C@](O)(C(=O)O)C[C@@H](O)[C@H]1O. The number of hydrogen-bond donors (Lipinski definition) is 5. The fraction of sp³-hybridized carbons (Fsp3) is 0.333. The summed E-state index contributed by atoms with van der Waals surface area (Å²) in [7, 11) is 0. The van der Waals surface area contributed by atoms with Gasteiger partial charge in [-0.15, -0.1) is 0 Å². The van der Waals surface area contributed by atoms with E-state index in [4.69, 9.17) is 14.3 Å². The van der Waals surface area contributed by atoms with Crippen molar-refractivity contribution >= 4 is 29.0 Å². The molecule has 1 aromatic heterocycles. The summed E-state index contributed by atoms with van der Waals surface area (Å²) in [4.78, 5) is 23.2. The van der Waals surface area contributed by atoms with Crippen molar-refractivity contribution in [1.29, 1.82) is 0 Å². The first-order valence-corrected chi connectivity index (χ1v) is 8.10. The highest BCUT2D eigenvalue weighted by atomic mass is 16.6. The third kappa shape index (κ3) is 3.80. The summed E-state index contributed by atoms with van der Waals surface area (Å²) >= 11 is 0. The molecule has 0 bridgehead atoms. The van der Waals surface area contributed by atoms with Crippen LogP contribution in [0.3, 0.4) is 0 Å². The number of aliphatic hydroxyl groups excluding tert-OH is 2. The minimum absolute atomic E-state index is 0.0960. The number of aliphatic carboxylic acids is 1. The number of rotatable bonds is 4. The van der Waals surface area contributed by atoms with Crippen molar-refractivity contribution in [3.8, 4) is 5.75 Å². The minimum Gasteiger partial charge on any atom is -0.507 e. The van der Waals surface area contributed by atoms with Crippen molar-refractivity contribution in [2.24, 2.45) is 0 Å². The zero-order valence-corrected chi connectivity index (χ0v) is 14.0. The van der Waals surface area contributed by atoms with Crippen LogP contribution in [-0.2, 0) is 14.3 Å². The zero-order valence-electron chi connectivity index (χ0n) is 14.0. The second-order valence-electron chi connectivity index (χ2n) is 6.48. The van der Waals surface area contributed by atoms with E-state index in [2.05, 4.69) is 0 Å². The number of esters is 1. The first-order valence-electron chi connectivity index (χ1n) is 8.10. The Kier molecular flexibility index (Phi) is 4.92. The molecular weight excluding hydrogens is 360 g/mol. The molecule has 9 heteroatoms. The number of ether oxygens (including phenoxy) is 1. The smallest absolute Gasteiger partial charge is 0.335 e. The Morgan fingerprint density at radius 2 is 2.00 bits per heavy atom. The predicted octanol–water partition coefficient (Wildman–Crippen LogP) is 0.395. The molecule has 1 fully saturated rings. The van der Waals surface area contributed by atoms with E-state index in [0.717, 1.165) is 6.08 Å². The van der Waals surface area contributed by atoms with Gasteiger partial charge < -0.3 is 34.7 Å². The van der Waals surface area contributed by atoms with E-state index in [1.807, 2.05) is 0 Å². The number of aromatic hydroxyl groups is 1. The maximum atomic E-state index is 12.0. The zero-order chi connectivity index (χ0) is 19.8. The third-order valence-electron chi connectivity index (χ3n) is 4.53. The molecule has 0 unspecified atom stereocenters. The molecule has 144 valence electrons. The van der Waals surface area contributed by atoms with E-state index in [-0.39, 0.29) is 11.3 Å². The van der Waals surface area contributed by atoms with Gasteiger partial charge in [0.25, 0.3) is 0 Å². The predicted molar refractivity (Wildman–Crippen MR) is 90.6 cm³/mol. The largest absolute Gasteiger partial charge is 0.507 e. The van der Waals surface area contributed by atoms with Gasteiger partial charge in [0.05, 0.1) is 12.4 Å². The summed E-state index contributed by atoms with van der Waals surface area (Å²) in [5.74, 6) is -2.62. The molecule has 0 aliphatic heterocycles. The van der Waals surface area contributed by atoms with Crippen LogP contribution in [0.4, 0.5) is 0 Å². The molecule has 0 saturated heterocycles. The Balaban J connectivity index is 1.72.